The van der Waals surface area contributed by atoms with Crippen LogP contribution in [0.5, 0.6) is 0 Å². The van der Waals surface area contributed by atoms with Crippen molar-refractivity contribution in [3.05, 3.63) is 29.3 Å². The van der Waals surface area contributed by atoms with E-state index in [1.165, 1.54) is 11.0 Å². The summed E-state index contributed by atoms with van der Waals surface area (Å²) in [6, 6.07) is 4.66. The first kappa shape index (κ1) is 16.3. The topological polar surface area (TPSA) is 83.9 Å². The predicted molar refractivity (Wildman–Crippen MR) is 83.4 cm³/mol. The lowest BCUT2D eigenvalue weighted by molar-refractivity contribution is -0.0257. The number of amides is 1. The fraction of sp³-hybridized carbons (Fsp3) is 0.562. The van der Waals surface area contributed by atoms with Gasteiger partial charge in [-0.15, -0.1) is 0 Å². The Kier molecular flexibility index (Phi) is 3.68. The van der Waals surface area contributed by atoms with Crippen molar-refractivity contribution in [2.24, 2.45) is 0 Å². The monoisotopic (exact) mass is 339 g/mol. The zero-order chi connectivity index (χ0) is 17.0. The highest BCUT2D eigenvalue weighted by Crippen LogP contribution is 2.38. The molecule has 2 aliphatic rings. The van der Waals surface area contributed by atoms with E-state index in [2.05, 4.69) is 0 Å². The Hall–Kier alpha value is -1.60. The number of hydrogen-bond donors (Lipinski definition) is 1. The molecule has 23 heavy (non-hydrogen) atoms. The van der Waals surface area contributed by atoms with Gasteiger partial charge >= 0.3 is 6.09 Å². The van der Waals surface area contributed by atoms with Gasteiger partial charge in [-0.2, -0.15) is 0 Å². The minimum atomic E-state index is -3.29. The molecule has 0 aromatic heterocycles. The third-order valence-corrected chi connectivity index (χ3v) is 6.21. The average Bonchev–Trinajstić information content (AvgIpc) is 3.22. The molecule has 1 fully saturated rings. The van der Waals surface area contributed by atoms with E-state index < -0.39 is 27.8 Å². The minimum absolute atomic E-state index is 0.138. The van der Waals surface area contributed by atoms with Gasteiger partial charge < -0.3 is 9.84 Å². The number of hydrogen-bond acceptors (Lipinski definition) is 5. The van der Waals surface area contributed by atoms with Gasteiger partial charge in [0.1, 0.15) is 5.60 Å². The van der Waals surface area contributed by atoms with Gasteiger partial charge in [0.15, 0.2) is 16.1 Å². The van der Waals surface area contributed by atoms with Crippen molar-refractivity contribution in [3.8, 4) is 0 Å². The number of aliphatic hydroxyl groups excluding tert-OH is 1. The van der Waals surface area contributed by atoms with Crippen molar-refractivity contribution in [3.63, 3.8) is 0 Å². The Morgan fingerprint density at radius 1 is 1.30 bits per heavy atom. The van der Waals surface area contributed by atoms with Crippen molar-refractivity contribution in [1.29, 1.82) is 0 Å². The Bertz CT molecular complexity index is 746. The average molecular weight is 339 g/mol. The van der Waals surface area contributed by atoms with E-state index in [0.717, 1.165) is 0 Å². The van der Waals surface area contributed by atoms with Gasteiger partial charge in [-0.25, -0.2) is 13.2 Å². The molecule has 1 heterocycles. The maximum atomic E-state index is 12.3. The Labute approximate surface area is 136 Å². The standard InChI is InChI=1S/C16H21NO5S/c1-16(2,3)22-15(19)17-9-10-8-12(6-7-13(10)14(17)18)23(20,21)11-4-5-11/h6-8,11,14,18H,4-5,9H2,1-3H3. The summed E-state index contributed by atoms with van der Waals surface area (Å²) in [6.07, 6.45) is -0.330. The maximum Gasteiger partial charge on any atom is 0.412 e. The Morgan fingerprint density at radius 3 is 2.52 bits per heavy atom. The second-order valence-electron chi connectivity index (χ2n) is 7.09. The number of aliphatic hydroxyl groups is 1. The van der Waals surface area contributed by atoms with E-state index >= 15 is 0 Å². The number of fused-ring (bicyclic) bond motifs is 1. The van der Waals surface area contributed by atoms with Crippen molar-refractivity contribution in [2.75, 3.05) is 0 Å². The first-order valence-corrected chi connectivity index (χ1v) is 9.18. The van der Waals surface area contributed by atoms with Crippen LogP contribution in [0.2, 0.25) is 0 Å². The molecule has 1 unspecified atom stereocenters. The molecular formula is C16H21NO5S. The molecule has 6 nitrogen and oxygen atoms in total. The van der Waals surface area contributed by atoms with Crippen LogP contribution in [-0.4, -0.2) is 35.4 Å². The molecule has 3 rings (SSSR count). The van der Waals surface area contributed by atoms with Crippen LogP contribution in [0.25, 0.3) is 0 Å². The molecule has 0 spiro atoms. The molecule has 0 bridgehead atoms. The van der Waals surface area contributed by atoms with Crippen LogP contribution < -0.4 is 0 Å². The molecule has 1 atom stereocenters. The fourth-order valence-electron chi connectivity index (χ4n) is 2.64. The third-order valence-electron chi connectivity index (χ3n) is 3.95. The third kappa shape index (κ3) is 3.07. The van der Waals surface area contributed by atoms with Crippen LogP contribution in [0.3, 0.4) is 0 Å². The number of sulfone groups is 1. The predicted octanol–water partition coefficient (Wildman–Crippen LogP) is 2.36. The summed E-state index contributed by atoms with van der Waals surface area (Å²) in [5, 5.41) is 10.0. The lowest BCUT2D eigenvalue weighted by Crippen LogP contribution is -2.35. The van der Waals surface area contributed by atoms with Crippen LogP contribution >= 0.6 is 0 Å². The molecule has 1 aromatic carbocycles. The summed E-state index contributed by atoms with van der Waals surface area (Å²) in [5.41, 5.74) is 0.530. The Balaban J connectivity index is 1.85. The van der Waals surface area contributed by atoms with Gasteiger partial charge in [0.25, 0.3) is 0 Å². The first-order chi connectivity index (χ1) is 10.6. The van der Waals surface area contributed by atoms with Gasteiger partial charge in [0.05, 0.1) is 16.7 Å². The normalized spacial score (nSPS) is 21.2. The van der Waals surface area contributed by atoms with Crippen molar-refractivity contribution in [1.82, 2.24) is 4.90 Å². The largest absolute Gasteiger partial charge is 0.444 e. The summed E-state index contributed by atoms with van der Waals surface area (Å²) in [6.45, 7) is 5.39. The van der Waals surface area contributed by atoms with E-state index in [-0.39, 0.29) is 16.7 Å². The first-order valence-electron chi connectivity index (χ1n) is 7.64. The van der Waals surface area contributed by atoms with Crippen molar-refractivity contribution in [2.45, 2.75) is 62.1 Å². The molecule has 1 saturated carbocycles. The molecular weight excluding hydrogens is 318 g/mol. The van der Waals surface area contributed by atoms with Crippen LogP contribution in [0.4, 0.5) is 4.79 Å². The molecule has 0 radical (unpaired) electrons. The SMILES string of the molecule is CC(C)(C)OC(=O)N1Cc2cc(S(=O)(=O)C3CC3)ccc2C1O. The number of carbonyl (C=O) groups is 1. The quantitative estimate of drug-likeness (QED) is 0.894. The number of benzene rings is 1. The highest BCUT2D eigenvalue weighted by Gasteiger charge is 2.39. The highest BCUT2D eigenvalue weighted by molar-refractivity contribution is 7.92. The van der Waals surface area contributed by atoms with Crippen molar-refractivity contribution >= 4 is 15.9 Å². The number of rotatable bonds is 2. The van der Waals surface area contributed by atoms with E-state index in [0.29, 0.717) is 24.0 Å². The second-order valence-corrected chi connectivity index (χ2v) is 9.31. The van der Waals surface area contributed by atoms with E-state index in [1.54, 1.807) is 32.9 Å². The highest BCUT2D eigenvalue weighted by atomic mass is 32.2. The summed E-state index contributed by atoms with van der Waals surface area (Å²) in [5.74, 6) is 0. The van der Waals surface area contributed by atoms with Crippen LogP contribution in [-0.2, 0) is 21.1 Å². The Morgan fingerprint density at radius 2 is 1.96 bits per heavy atom. The van der Waals surface area contributed by atoms with Crippen LogP contribution in [0, 0.1) is 0 Å². The van der Waals surface area contributed by atoms with E-state index in [1.807, 2.05) is 0 Å². The number of ether oxygens (including phenoxy) is 1. The number of nitrogens with zero attached hydrogens (tertiary/aromatic N) is 1. The van der Waals surface area contributed by atoms with Crippen LogP contribution in [0.1, 0.15) is 51.0 Å². The van der Waals surface area contributed by atoms with Gasteiger partial charge in [-0.3, -0.25) is 4.90 Å². The molecule has 1 N–H and O–H groups in total. The van der Waals surface area contributed by atoms with Gasteiger partial charge in [0.2, 0.25) is 0 Å². The number of carbonyl (C=O) groups excluding carboxylic acids is 1. The molecule has 126 valence electrons. The smallest absolute Gasteiger partial charge is 0.412 e. The van der Waals surface area contributed by atoms with Crippen LogP contribution in [0.15, 0.2) is 23.1 Å². The second kappa shape index (κ2) is 5.21. The molecule has 1 aliphatic carbocycles. The lowest BCUT2D eigenvalue weighted by atomic mass is 10.1. The van der Waals surface area contributed by atoms with E-state index in [9.17, 15) is 18.3 Å². The van der Waals surface area contributed by atoms with Gasteiger partial charge in [-0.05, 0) is 51.3 Å². The van der Waals surface area contributed by atoms with Crippen molar-refractivity contribution < 1.29 is 23.1 Å². The van der Waals surface area contributed by atoms with Gasteiger partial charge in [0, 0.05) is 5.56 Å². The molecule has 1 aliphatic heterocycles. The zero-order valence-corrected chi connectivity index (χ0v) is 14.3. The molecule has 7 heteroatoms. The lowest BCUT2D eigenvalue weighted by Gasteiger charge is -2.26. The molecule has 0 saturated heterocycles. The summed E-state index contributed by atoms with van der Waals surface area (Å²) < 4.78 is 29.9. The van der Waals surface area contributed by atoms with E-state index in [4.69, 9.17) is 4.74 Å². The van der Waals surface area contributed by atoms with Gasteiger partial charge in [-0.1, -0.05) is 6.07 Å². The minimum Gasteiger partial charge on any atom is -0.444 e. The molecule has 1 amide bonds. The molecule has 1 aromatic rings. The fourth-order valence-corrected chi connectivity index (χ4v) is 4.35. The summed E-state index contributed by atoms with van der Waals surface area (Å²) in [7, 11) is -3.29. The maximum absolute atomic E-state index is 12.3. The summed E-state index contributed by atoms with van der Waals surface area (Å²) in [4.78, 5) is 13.6. The summed E-state index contributed by atoms with van der Waals surface area (Å²) >= 11 is 0. The zero-order valence-electron chi connectivity index (χ0n) is 13.4.